The summed E-state index contributed by atoms with van der Waals surface area (Å²) < 4.78 is 124. The van der Waals surface area contributed by atoms with Crippen LogP contribution in [0.15, 0.2) is 0 Å². The van der Waals surface area contributed by atoms with Crippen molar-refractivity contribution in [2.45, 2.75) is 180 Å². The van der Waals surface area contributed by atoms with Crippen molar-refractivity contribution in [2.75, 3.05) is 52.4 Å². The molecule has 0 atom stereocenters. The molecule has 0 bridgehead atoms. The van der Waals surface area contributed by atoms with Crippen molar-refractivity contribution in [1.29, 1.82) is 0 Å². The van der Waals surface area contributed by atoms with Crippen molar-refractivity contribution in [3.63, 3.8) is 0 Å². The summed E-state index contributed by atoms with van der Waals surface area (Å²) in [4.78, 5) is 0. The van der Waals surface area contributed by atoms with Crippen LogP contribution in [0.4, 0.5) is 26.3 Å². The van der Waals surface area contributed by atoms with E-state index in [2.05, 4.69) is 27.7 Å². The standard InChI is InChI=1S/C20H38F6NO4S2.C16H36N/c1-4-7-9-11-15-27(14-6-3,16-12-10-8-5-2)17-13-18(32(28,29)19(21,22)23)33(30,31)20(24,25)26;1-5-9-11-12-16-17(13-7-3,14-8-4)15-10-6-2/h18H,4-17H2,1-3H3;5-16H2,1-4H3/q2*+1. The number of hydrogen-bond acceptors (Lipinski definition) is 4. The average molecular weight is 777 g/mol. The highest BCUT2D eigenvalue weighted by Gasteiger charge is 2.63. The minimum Gasteiger partial charge on any atom is -0.324 e. The second-order valence-electron chi connectivity index (χ2n) is 14.2. The van der Waals surface area contributed by atoms with Gasteiger partial charge >= 0.3 is 11.0 Å². The van der Waals surface area contributed by atoms with Crippen LogP contribution in [0.5, 0.6) is 0 Å². The van der Waals surface area contributed by atoms with Gasteiger partial charge in [0.1, 0.15) is 0 Å². The lowest BCUT2D eigenvalue weighted by atomic mass is 10.1. The van der Waals surface area contributed by atoms with E-state index >= 15 is 0 Å². The SMILES string of the molecule is CCCCCC[N+](CCC)(CCC)CCCC.CCCCCC[N+](CCC)(CCCCCC)CCC(S(=O)(=O)C(F)(F)F)S(=O)(=O)C(F)(F)F. The molecule has 0 spiro atoms. The maximum Gasteiger partial charge on any atom is 0.498 e. The molecule has 0 aliphatic heterocycles. The Kier molecular flexibility index (Phi) is 27.0. The molecule has 0 aliphatic rings. The van der Waals surface area contributed by atoms with Crippen LogP contribution < -0.4 is 0 Å². The van der Waals surface area contributed by atoms with E-state index in [9.17, 15) is 43.2 Å². The third kappa shape index (κ3) is 18.9. The summed E-state index contributed by atoms with van der Waals surface area (Å²) in [5.74, 6) is 0. The summed E-state index contributed by atoms with van der Waals surface area (Å²) in [5.41, 5.74) is -12.2. The Morgan fingerprint density at radius 3 is 0.920 bits per heavy atom. The Hall–Kier alpha value is -0.600. The molecular formula is C36H74F6N2O4S2+2. The third-order valence-electron chi connectivity index (χ3n) is 9.71. The van der Waals surface area contributed by atoms with Gasteiger partial charge in [-0.2, -0.15) is 26.3 Å². The number of hydrogen-bond donors (Lipinski definition) is 0. The zero-order valence-electron chi connectivity index (χ0n) is 32.6. The number of sulfone groups is 2. The van der Waals surface area contributed by atoms with E-state index in [4.69, 9.17) is 0 Å². The Morgan fingerprint density at radius 1 is 0.380 bits per heavy atom. The van der Waals surface area contributed by atoms with Crippen molar-refractivity contribution in [1.82, 2.24) is 0 Å². The van der Waals surface area contributed by atoms with Crippen molar-refractivity contribution in [3.05, 3.63) is 0 Å². The van der Waals surface area contributed by atoms with Gasteiger partial charge < -0.3 is 8.97 Å². The number of halogens is 6. The normalized spacial score (nSPS) is 13.5. The molecule has 0 saturated heterocycles. The predicted molar refractivity (Wildman–Crippen MR) is 196 cm³/mol. The molecule has 0 radical (unpaired) electrons. The van der Waals surface area contributed by atoms with Crippen molar-refractivity contribution >= 4 is 19.7 Å². The van der Waals surface area contributed by atoms with E-state index in [1.165, 1.54) is 82.0 Å². The van der Waals surface area contributed by atoms with Crippen molar-refractivity contribution in [2.24, 2.45) is 0 Å². The van der Waals surface area contributed by atoms with Crippen LogP contribution in [0.2, 0.25) is 0 Å². The molecule has 0 fully saturated rings. The molecule has 0 unspecified atom stereocenters. The Bertz CT molecular complexity index is 990. The van der Waals surface area contributed by atoms with Crippen LogP contribution in [0, 0.1) is 0 Å². The van der Waals surface area contributed by atoms with Crippen LogP contribution in [0.25, 0.3) is 0 Å². The fourth-order valence-corrected chi connectivity index (χ4v) is 10.5. The Morgan fingerprint density at radius 2 is 0.660 bits per heavy atom. The highest BCUT2D eigenvalue weighted by atomic mass is 32.3. The second-order valence-corrected chi connectivity index (χ2v) is 18.7. The molecule has 0 aliphatic carbocycles. The van der Waals surface area contributed by atoms with Gasteiger partial charge in [-0.3, -0.25) is 0 Å². The zero-order chi connectivity index (χ0) is 39.0. The highest BCUT2D eigenvalue weighted by molar-refractivity contribution is 8.09. The van der Waals surface area contributed by atoms with E-state index in [-0.39, 0.29) is 11.0 Å². The van der Waals surface area contributed by atoms with E-state index in [0.29, 0.717) is 38.9 Å². The number of alkyl halides is 6. The molecule has 0 amide bonds. The van der Waals surface area contributed by atoms with Gasteiger partial charge in [-0.1, -0.05) is 93.4 Å². The topological polar surface area (TPSA) is 68.3 Å². The van der Waals surface area contributed by atoms with Crippen molar-refractivity contribution < 1.29 is 52.1 Å². The summed E-state index contributed by atoms with van der Waals surface area (Å²) in [5, 5.41) is 0. The Balaban J connectivity index is 0. The number of quaternary nitrogens is 2. The average Bonchev–Trinajstić information content (AvgIpc) is 3.02. The molecule has 0 aromatic carbocycles. The first kappa shape index (κ1) is 51.5. The van der Waals surface area contributed by atoms with Gasteiger partial charge in [-0.15, -0.1) is 0 Å². The molecule has 6 nitrogen and oxygen atoms in total. The van der Waals surface area contributed by atoms with Gasteiger partial charge in [0.2, 0.25) is 0 Å². The van der Waals surface area contributed by atoms with E-state index in [0.717, 1.165) is 38.5 Å². The quantitative estimate of drug-likeness (QED) is 0.0431. The lowest BCUT2D eigenvalue weighted by Gasteiger charge is -2.40. The van der Waals surface area contributed by atoms with Gasteiger partial charge in [0.25, 0.3) is 19.7 Å². The van der Waals surface area contributed by atoms with Crippen molar-refractivity contribution in [3.8, 4) is 0 Å². The van der Waals surface area contributed by atoms with Crippen LogP contribution in [-0.2, 0) is 19.7 Å². The number of unbranched alkanes of at least 4 members (excludes halogenated alkanes) is 10. The van der Waals surface area contributed by atoms with E-state index < -0.39 is 41.7 Å². The minimum absolute atomic E-state index is 0.112. The van der Waals surface area contributed by atoms with E-state index in [1.807, 2.05) is 20.8 Å². The monoisotopic (exact) mass is 776 g/mol. The molecule has 0 heterocycles. The fraction of sp³-hybridized carbons (Fsp3) is 1.00. The minimum atomic E-state index is -6.59. The van der Waals surface area contributed by atoms with Crippen LogP contribution in [-0.4, -0.2) is 93.8 Å². The summed E-state index contributed by atoms with van der Waals surface area (Å²) in [6, 6.07) is 0. The van der Waals surface area contributed by atoms with Gasteiger partial charge in [-0.05, 0) is 64.2 Å². The van der Waals surface area contributed by atoms with Gasteiger partial charge in [0.15, 0.2) is 4.58 Å². The maximum atomic E-state index is 13.1. The lowest BCUT2D eigenvalue weighted by Crippen LogP contribution is -2.53. The zero-order valence-corrected chi connectivity index (χ0v) is 34.2. The second kappa shape index (κ2) is 26.2. The molecule has 50 heavy (non-hydrogen) atoms. The Labute approximate surface area is 303 Å². The molecule has 14 heteroatoms. The number of nitrogens with zero attached hydrogens (tertiary/aromatic N) is 2. The molecule has 304 valence electrons. The smallest absolute Gasteiger partial charge is 0.324 e. The van der Waals surface area contributed by atoms with Crippen LogP contribution >= 0.6 is 0 Å². The maximum absolute atomic E-state index is 13.1. The highest BCUT2D eigenvalue weighted by Crippen LogP contribution is 2.38. The summed E-state index contributed by atoms with van der Waals surface area (Å²) in [7, 11) is -13.2. The molecule has 0 N–H and O–H groups in total. The third-order valence-corrected chi connectivity index (χ3v) is 14.4. The summed E-state index contributed by atoms with van der Waals surface area (Å²) >= 11 is 0. The molecule has 0 aromatic heterocycles. The first-order chi connectivity index (χ1) is 23.3. The summed E-state index contributed by atoms with van der Waals surface area (Å²) in [6.07, 6.45) is 17.1. The summed E-state index contributed by atoms with van der Waals surface area (Å²) in [6.45, 7) is 21.7. The van der Waals surface area contributed by atoms with Crippen LogP contribution in [0.3, 0.4) is 0 Å². The van der Waals surface area contributed by atoms with Gasteiger partial charge in [-0.25, -0.2) is 16.8 Å². The largest absolute Gasteiger partial charge is 0.498 e. The molecule has 0 rings (SSSR count). The first-order valence-electron chi connectivity index (χ1n) is 19.6. The lowest BCUT2D eigenvalue weighted by molar-refractivity contribution is -0.928. The predicted octanol–water partition coefficient (Wildman–Crippen LogP) is 11.0. The van der Waals surface area contributed by atoms with Gasteiger partial charge in [0, 0.05) is 6.42 Å². The van der Waals surface area contributed by atoms with Crippen LogP contribution in [0.1, 0.15) is 164 Å². The number of rotatable bonds is 29. The first-order valence-corrected chi connectivity index (χ1v) is 22.7. The van der Waals surface area contributed by atoms with Gasteiger partial charge in [0.05, 0.1) is 52.4 Å². The molecule has 0 aromatic rings. The molecular weight excluding hydrogens is 703 g/mol. The van der Waals surface area contributed by atoms with E-state index in [1.54, 1.807) is 0 Å². The fourth-order valence-electron chi connectivity index (χ4n) is 7.03. The molecule has 0 saturated carbocycles.